The van der Waals surface area contributed by atoms with E-state index in [-0.39, 0.29) is 0 Å². The summed E-state index contributed by atoms with van der Waals surface area (Å²) in [7, 11) is 3.49. The third-order valence-corrected chi connectivity index (χ3v) is 3.74. The fourth-order valence-corrected chi connectivity index (χ4v) is 2.73. The van der Waals surface area contributed by atoms with Crippen molar-refractivity contribution in [2.45, 2.75) is 6.61 Å². The Hall–Kier alpha value is -2.05. The van der Waals surface area contributed by atoms with Gasteiger partial charge in [0.05, 0.1) is 22.5 Å². The van der Waals surface area contributed by atoms with E-state index in [2.05, 4.69) is 26.3 Å². The second-order valence-electron chi connectivity index (χ2n) is 4.28. The molecule has 0 atom stereocenters. The van der Waals surface area contributed by atoms with Crippen LogP contribution in [0.3, 0.4) is 0 Å². The molecule has 0 aromatic carbocycles. The van der Waals surface area contributed by atoms with Crippen LogP contribution in [0, 0.1) is 0 Å². The van der Waals surface area contributed by atoms with Gasteiger partial charge in [0.1, 0.15) is 5.82 Å². The van der Waals surface area contributed by atoms with Crippen LogP contribution in [0.2, 0.25) is 0 Å². The highest BCUT2D eigenvalue weighted by molar-refractivity contribution is 7.17. The smallest absolute Gasteiger partial charge is 0.163 e. The van der Waals surface area contributed by atoms with Gasteiger partial charge in [-0.1, -0.05) is 0 Å². The fraction of sp³-hybridized carbons (Fsp3) is 0.214. The van der Waals surface area contributed by atoms with Crippen molar-refractivity contribution >= 4 is 27.4 Å². The van der Waals surface area contributed by atoms with Crippen molar-refractivity contribution in [2.24, 2.45) is 0 Å². The first-order chi connectivity index (χ1) is 9.80. The lowest BCUT2D eigenvalue weighted by molar-refractivity contribution is 0.181. The number of pyridine rings is 1. The van der Waals surface area contributed by atoms with Crippen molar-refractivity contribution in [2.75, 3.05) is 19.5 Å². The zero-order valence-electron chi connectivity index (χ0n) is 11.3. The molecule has 3 heterocycles. The first-order valence-electron chi connectivity index (χ1n) is 6.18. The lowest BCUT2D eigenvalue weighted by Crippen LogP contribution is -2.02. The van der Waals surface area contributed by atoms with Crippen molar-refractivity contribution in [3.05, 3.63) is 35.5 Å². The molecule has 0 aliphatic rings. The molecule has 0 aliphatic heterocycles. The quantitative estimate of drug-likeness (QED) is 0.799. The number of aromatic nitrogens is 3. The van der Waals surface area contributed by atoms with Gasteiger partial charge in [0.25, 0.3) is 0 Å². The summed E-state index contributed by atoms with van der Waals surface area (Å²) in [5, 5.41) is 5.07. The number of fused-ring (bicyclic) bond motifs is 1. The summed E-state index contributed by atoms with van der Waals surface area (Å²) in [6, 6.07) is 5.95. The maximum Gasteiger partial charge on any atom is 0.163 e. The Morgan fingerprint density at radius 3 is 3.00 bits per heavy atom. The van der Waals surface area contributed by atoms with Crippen molar-refractivity contribution in [1.82, 2.24) is 15.0 Å². The summed E-state index contributed by atoms with van der Waals surface area (Å²) in [6.07, 6.45) is 1.81. The average Bonchev–Trinajstić information content (AvgIpc) is 2.94. The highest BCUT2D eigenvalue weighted by Gasteiger charge is 2.08. The van der Waals surface area contributed by atoms with E-state index in [9.17, 15) is 0 Å². The molecule has 102 valence electrons. The van der Waals surface area contributed by atoms with Gasteiger partial charge in [-0.25, -0.2) is 9.97 Å². The van der Waals surface area contributed by atoms with Crippen LogP contribution in [0.4, 0.5) is 5.82 Å². The zero-order valence-corrected chi connectivity index (χ0v) is 12.1. The van der Waals surface area contributed by atoms with Crippen LogP contribution < -0.4 is 5.32 Å². The van der Waals surface area contributed by atoms with Gasteiger partial charge >= 0.3 is 0 Å². The second-order valence-corrected chi connectivity index (χ2v) is 5.23. The molecule has 3 aromatic rings. The van der Waals surface area contributed by atoms with Crippen molar-refractivity contribution in [1.29, 1.82) is 0 Å². The van der Waals surface area contributed by atoms with E-state index < -0.39 is 0 Å². The predicted octanol–water partition coefficient (Wildman–Crippen LogP) is 2.94. The van der Waals surface area contributed by atoms with Gasteiger partial charge in [0.2, 0.25) is 0 Å². The van der Waals surface area contributed by atoms with Gasteiger partial charge in [-0.3, -0.25) is 4.98 Å². The van der Waals surface area contributed by atoms with Crippen LogP contribution in [-0.4, -0.2) is 29.1 Å². The van der Waals surface area contributed by atoms with Gasteiger partial charge < -0.3 is 10.1 Å². The van der Waals surface area contributed by atoms with Crippen LogP contribution in [-0.2, 0) is 11.3 Å². The van der Waals surface area contributed by atoms with E-state index in [0.29, 0.717) is 12.4 Å². The third kappa shape index (κ3) is 2.48. The van der Waals surface area contributed by atoms with Gasteiger partial charge in [-0.2, -0.15) is 0 Å². The lowest BCUT2D eigenvalue weighted by Gasteiger charge is -2.07. The molecule has 0 radical (unpaired) electrons. The van der Waals surface area contributed by atoms with Crippen LogP contribution in [0.1, 0.15) is 5.69 Å². The number of rotatable bonds is 4. The summed E-state index contributed by atoms with van der Waals surface area (Å²) >= 11 is 1.66. The predicted molar refractivity (Wildman–Crippen MR) is 80.9 cm³/mol. The highest BCUT2D eigenvalue weighted by Crippen LogP contribution is 2.25. The van der Waals surface area contributed by atoms with Crippen molar-refractivity contribution in [3.8, 4) is 11.4 Å². The van der Waals surface area contributed by atoms with Crippen LogP contribution in [0.5, 0.6) is 0 Å². The molecule has 0 fully saturated rings. The monoisotopic (exact) mass is 286 g/mol. The fourth-order valence-electron chi connectivity index (χ4n) is 1.95. The summed E-state index contributed by atoms with van der Waals surface area (Å²) in [5.41, 5.74) is 2.75. The number of nitrogens with one attached hydrogen (secondary N) is 1. The van der Waals surface area contributed by atoms with Crippen LogP contribution >= 0.6 is 11.3 Å². The first-order valence-corrected chi connectivity index (χ1v) is 7.06. The van der Waals surface area contributed by atoms with E-state index in [1.807, 2.05) is 24.6 Å². The Balaban J connectivity index is 2.09. The highest BCUT2D eigenvalue weighted by atomic mass is 32.1. The normalized spacial score (nSPS) is 10.9. The number of ether oxygens (including phenoxy) is 1. The molecular weight excluding hydrogens is 272 g/mol. The number of methoxy groups -OCH3 is 1. The molecule has 20 heavy (non-hydrogen) atoms. The number of thiophene rings is 1. The van der Waals surface area contributed by atoms with Crippen molar-refractivity contribution < 1.29 is 4.74 Å². The Morgan fingerprint density at radius 2 is 2.20 bits per heavy atom. The number of hydrogen-bond acceptors (Lipinski definition) is 6. The molecule has 6 heteroatoms. The largest absolute Gasteiger partial charge is 0.378 e. The molecule has 3 aromatic heterocycles. The third-order valence-electron chi connectivity index (χ3n) is 2.89. The second kappa shape index (κ2) is 5.52. The first kappa shape index (κ1) is 13.0. The molecular formula is C14H14N4OS. The van der Waals surface area contributed by atoms with Gasteiger partial charge in [0, 0.05) is 32.0 Å². The Bertz CT molecular complexity index is 741. The van der Waals surface area contributed by atoms with E-state index in [1.54, 1.807) is 24.6 Å². The van der Waals surface area contributed by atoms with Gasteiger partial charge in [0.15, 0.2) is 5.82 Å². The zero-order chi connectivity index (χ0) is 13.9. The molecule has 0 amide bonds. The Morgan fingerprint density at radius 1 is 1.30 bits per heavy atom. The minimum Gasteiger partial charge on any atom is -0.378 e. The standard InChI is InChI=1S/C14H14N4OS/c1-15-13-6-10(8-19-2)17-14(18-13)9-5-12-11(16-7-9)3-4-20-12/h3-7H,8H2,1-2H3,(H,15,17,18). The molecule has 0 aliphatic carbocycles. The number of nitrogens with zero attached hydrogens (tertiary/aromatic N) is 3. The van der Waals surface area contributed by atoms with E-state index in [0.717, 1.165) is 27.3 Å². The average molecular weight is 286 g/mol. The summed E-state index contributed by atoms with van der Waals surface area (Å²) in [6.45, 7) is 0.457. The maximum absolute atomic E-state index is 5.14. The molecule has 0 bridgehead atoms. The summed E-state index contributed by atoms with van der Waals surface area (Å²) in [4.78, 5) is 13.4. The SMILES string of the molecule is CNc1cc(COC)nc(-c2cnc3ccsc3c2)n1. The number of hydrogen-bond donors (Lipinski definition) is 1. The van der Waals surface area contributed by atoms with Crippen molar-refractivity contribution in [3.63, 3.8) is 0 Å². The molecule has 3 rings (SSSR count). The summed E-state index contributed by atoms with van der Waals surface area (Å²) in [5.74, 6) is 1.43. The molecule has 0 spiro atoms. The van der Waals surface area contributed by atoms with E-state index in [1.165, 1.54) is 0 Å². The molecule has 0 saturated heterocycles. The maximum atomic E-state index is 5.14. The van der Waals surface area contributed by atoms with Gasteiger partial charge in [-0.05, 0) is 17.5 Å². The molecule has 0 unspecified atom stereocenters. The Labute approximate surface area is 120 Å². The molecule has 0 saturated carbocycles. The minimum absolute atomic E-state index is 0.457. The van der Waals surface area contributed by atoms with Gasteiger partial charge in [-0.15, -0.1) is 11.3 Å². The van der Waals surface area contributed by atoms with Crippen LogP contribution in [0.15, 0.2) is 29.8 Å². The minimum atomic E-state index is 0.457. The topological polar surface area (TPSA) is 59.9 Å². The Kier molecular flexibility index (Phi) is 3.58. The molecule has 1 N–H and O–H groups in total. The molecule has 5 nitrogen and oxygen atoms in total. The summed E-state index contributed by atoms with van der Waals surface area (Å²) < 4.78 is 6.28. The van der Waals surface area contributed by atoms with Crippen LogP contribution in [0.25, 0.3) is 21.6 Å². The van der Waals surface area contributed by atoms with E-state index >= 15 is 0 Å². The lowest BCUT2D eigenvalue weighted by atomic mass is 10.2. The number of anilines is 1. The van der Waals surface area contributed by atoms with E-state index in [4.69, 9.17) is 4.74 Å².